The van der Waals surface area contributed by atoms with E-state index in [2.05, 4.69) is 5.32 Å². The molecule has 3 heteroatoms. The number of hydrogen-bond donors (Lipinski definition) is 2. The van der Waals surface area contributed by atoms with Crippen molar-refractivity contribution >= 4 is 0 Å². The molecule has 0 aromatic rings. The summed E-state index contributed by atoms with van der Waals surface area (Å²) in [5, 5.41) is 12.4. The van der Waals surface area contributed by atoms with E-state index in [1.807, 2.05) is 0 Å². The number of aliphatic hydroxyl groups is 1. The number of rotatable bonds is 0. The predicted molar refractivity (Wildman–Crippen MR) is 35.4 cm³/mol. The van der Waals surface area contributed by atoms with Crippen LogP contribution in [0.15, 0.2) is 0 Å². The van der Waals surface area contributed by atoms with Crippen molar-refractivity contribution in [1.29, 1.82) is 0 Å². The van der Waals surface area contributed by atoms with E-state index < -0.39 is 12.3 Å². The zero-order valence-electron chi connectivity index (χ0n) is 5.76. The van der Waals surface area contributed by atoms with E-state index in [1.54, 1.807) is 0 Å². The van der Waals surface area contributed by atoms with E-state index in [1.165, 1.54) is 0 Å². The van der Waals surface area contributed by atoms with Crippen LogP contribution in [0.25, 0.3) is 0 Å². The molecule has 58 valence electrons. The summed E-state index contributed by atoms with van der Waals surface area (Å²) in [6, 6.07) is 0. The van der Waals surface area contributed by atoms with Crippen LogP contribution in [-0.2, 0) is 0 Å². The lowest BCUT2D eigenvalue weighted by Gasteiger charge is -2.11. The Morgan fingerprint density at radius 3 is 2.90 bits per heavy atom. The van der Waals surface area contributed by atoms with Crippen LogP contribution < -0.4 is 5.32 Å². The molecule has 0 aromatic carbocycles. The summed E-state index contributed by atoms with van der Waals surface area (Å²) in [6.07, 6.45) is -1.10. The number of nitrogens with one attached hydrogen (secondary N) is 1. The molecular formula is C7H12FNO. The first-order valence-electron chi connectivity index (χ1n) is 3.82. The molecular weight excluding hydrogens is 133 g/mol. The molecule has 2 aliphatic rings. The molecule has 0 aromatic heterocycles. The predicted octanol–water partition coefficient (Wildman–Crippen LogP) is -0.0753. The van der Waals surface area contributed by atoms with Crippen molar-refractivity contribution in [1.82, 2.24) is 5.32 Å². The second-order valence-corrected chi connectivity index (χ2v) is 3.32. The number of halogens is 1. The molecule has 0 bridgehead atoms. The van der Waals surface area contributed by atoms with Gasteiger partial charge in [0.1, 0.15) is 6.17 Å². The zero-order valence-corrected chi connectivity index (χ0v) is 5.76. The first kappa shape index (κ1) is 6.55. The van der Waals surface area contributed by atoms with E-state index in [4.69, 9.17) is 0 Å². The average Bonchev–Trinajstić information content (AvgIpc) is 2.41. The fourth-order valence-corrected chi connectivity index (χ4v) is 2.11. The summed E-state index contributed by atoms with van der Waals surface area (Å²) >= 11 is 0. The Labute approximate surface area is 59.4 Å². The Hall–Kier alpha value is -0.150. The minimum Gasteiger partial charge on any atom is -0.390 e. The lowest BCUT2D eigenvalue weighted by molar-refractivity contribution is 0.0709. The van der Waals surface area contributed by atoms with Gasteiger partial charge in [0.15, 0.2) is 0 Å². The second kappa shape index (κ2) is 2.17. The molecule has 0 amide bonds. The van der Waals surface area contributed by atoms with Crippen LogP contribution in [0.4, 0.5) is 4.39 Å². The standard InChI is InChI=1S/C7H12FNO/c8-6-1-4-2-9-3-5(4)7(6)10/h4-7,9-10H,1-3H2/t4-,5+,6-,7+/m0/s1. The van der Waals surface area contributed by atoms with Crippen molar-refractivity contribution in [2.24, 2.45) is 11.8 Å². The molecule has 1 saturated carbocycles. The number of alkyl halides is 1. The van der Waals surface area contributed by atoms with Crippen LogP contribution in [-0.4, -0.2) is 30.5 Å². The molecule has 10 heavy (non-hydrogen) atoms. The van der Waals surface area contributed by atoms with Crippen LogP contribution in [0.1, 0.15) is 6.42 Å². The van der Waals surface area contributed by atoms with Crippen molar-refractivity contribution in [3.05, 3.63) is 0 Å². The van der Waals surface area contributed by atoms with Crippen LogP contribution in [0.5, 0.6) is 0 Å². The van der Waals surface area contributed by atoms with Gasteiger partial charge in [0.25, 0.3) is 0 Å². The Bertz CT molecular complexity index is 140. The highest BCUT2D eigenvalue weighted by molar-refractivity contribution is 4.96. The van der Waals surface area contributed by atoms with Gasteiger partial charge in [-0.2, -0.15) is 0 Å². The topological polar surface area (TPSA) is 32.3 Å². The summed E-state index contributed by atoms with van der Waals surface area (Å²) in [7, 11) is 0. The fraction of sp³-hybridized carbons (Fsp3) is 1.00. The number of aliphatic hydroxyl groups excluding tert-OH is 1. The highest BCUT2D eigenvalue weighted by Gasteiger charge is 2.44. The molecule has 2 nitrogen and oxygen atoms in total. The number of fused-ring (bicyclic) bond motifs is 1. The highest BCUT2D eigenvalue weighted by atomic mass is 19.1. The molecule has 0 radical (unpaired) electrons. The molecule has 4 atom stereocenters. The maximum atomic E-state index is 12.8. The largest absolute Gasteiger partial charge is 0.390 e. The van der Waals surface area contributed by atoms with Gasteiger partial charge in [0.05, 0.1) is 6.10 Å². The molecule has 0 spiro atoms. The van der Waals surface area contributed by atoms with Crippen molar-refractivity contribution in [3.63, 3.8) is 0 Å². The minimum absolute atomic E-state index is 0.190. The lowest BCUT2D eigenvalue weighted by Crippen LogP contribution is -2.26. The average molecular weight is 145 g/mol. The summed E-state index contributed by atoms with van der Waals surface area (Å²) in [5.41, 5.74) is 0. The van der Waals surface area contributed by atoms with Crippen molar-refractivity contribution in [3.8, 4) is 0 Å². The molecule has 2 N–H and O–H groups in total. The van der Waals surface area contributed by atoms with Crippen LogP contribution in [0, 0.1) is 11.8 Å². The van der Waals surface area contributed by atoms with Gasteiger partial charge in [-0.25, -0.2) is 4.39 Å². The SMILES string of the molecule is O[C@@H]1[C@@H]2CNC[C@@H]2C[C@@H]1F. The smallest absolute Gasteiger partial charge is 0.127 e. The number of hydrogen-bond acceptors (Lipinski definition) is 2. The van der Waals surface area contributed by atoms with Crippen LogP contribution in [0.2, 0.25) is 0 Å². The van der Waals surface area contributed by atoms with Gasteiger partial charge < -0.3 is 10.4 Å². The van der Waals surface area contributed by atoms with Crippen molar-refractivity contribution < 1.29 is 9.50 Å². The van der Waals surface area contributed by atoms with Gasteiger partial charge in [0.2, 0.25) is 0 Å². The molecule has 1 heterocycles. The zero-order chi connectivity index (χ0) is 7.14. The monoisotopic (exact) mass is 145 g/mol. The first-order chi connectivity index (χ1) is 4.79. The van der Waals surface area contributed by atoms with E-state index >= 15 is 0 Å². The Morgan fingerprint density at radius 1 is 1.40 bits per heavy atom. The Kier molecular flexibility index (Phi) is 1.42. The van der Waals surface area contributed by atoms with Gasteiger partial charge in [-0.1, -0.05) is 0 Å². The first-order valence-corrected chi connectivity index (χ1v) is 3.82. The molecule has 1 aliphatic heterocycles. The maximum absolute atomic E-state index is 12.8. The highest BCUT2D eigenvalue weighted by Crippen LogP contribution is 2.36. The van der Waals surface area contributed by atoms with Crippen LogP contribution >= 0.6 is 0 Å². The van der Waals surface area contributed by atoms with E-state index in [9.17, 15) is 9.50 Å². The summed E-state index contributed by atoms with van der Waals surface area (Å²) in [4.78, 5) is 0. The third-order valence-corrected chi connectivity index (χ3v) is 2.73. The van der Waals surface area contributed by atoms with Gasteiger partial charge >= 0.3 is 0 Å². The Balaban J connectivity index is 2.09. The third-order valence-electron chi connectivity index (χ3n) is 2.73. The summed E-state index contributed by atoms with van der Waals surface area (Å²) in [6.45, 7) is 1.69. The third kappa shape index (κ3) is 0.772. The minimum atomic E-state index is -0.961. The van der Waals surface area contributed by atoms with Crippen LogP contribution in [0.3, 0.4) is 0 Å². The van der Waals surface area contributed by atoms with Crippen molar-refractivity contribution in [2.45, 2.75) is 18.7 Å². The molecule has 0 unspecified atom stereocenters. The molecule has 1 saturated heterocycles. The normalized spacial score (nSPS) is 53.4. The van der Waals surface area contributed by atoms with E-state index in [-0.39, 0.29) is 5.92 Å². The molecule has 2 rings (SSSR count). The van der Waals surface area contributed by atoms with E-state index in [0.717, 1.165) is 13.1 Å². The quantitative estimate of drug-likeness (QED) is 0.500. The van der Waals surface area contributed by atoms with E-state index in [0.29, 0.717) is 12.3 Å². The van der Waals surface area contributed by atoms with Gasteiger partial charge in [-0.05, 0) is 18.9 Å². The Morgan fingerprint density at radius 2 is 2.20 bits per heavy atom. The lowest BCUT2D eigenvalue weighted by atomic mass is 10.00. The fourth-order valence-electron chi connectivity index (χ4n) is 2.11. The summed E-state index contributed by atoms with van der Waals surface area (Å²) < 4.78 is 12.8. The molecule has 2 fully saturated rings. The van der Waals surface area contributed by atoms with Gasteiger partial charge in [-0.15, -0.1) is 0 Å². The maximum Gasteiger partial charge on any atom is 0.127 e. The van der Waals surface area contributed by atoms with Crippen molar-refractivity contribution in [2.75, 3.05) is 13.1 Å². The van der Waals surface area contributed by atoms with Gasteiger partial charge in [0, 0.05) is 12.5 Å². The van der Waals surface area contributed by atoms with Gasteiger partial charge in [-0.3, -0.25) is 0 Å². The summed E-state index contributed by atoms with van der Waals surface area (Å²) in [5.74, 6) is 0.583. The molecule has 1 aliphatic carbocycles. The second-order valence-electron chi connectivity index (χ2n) is 3.32.